The third kappa shape index (κ3) is 41.3. The Balaban J connectivity index is 4.71. The summed E-state index contributed by atoms with van der Waals surface area (Å²) in [6, 6.07) is -0.724. The van der Waals surface area contributed by atoms with E-state index in [0.29, 0.717) is 19.3 Å². The zero-order chi connectivity index (χ0) is 43.1. The standard InChI is InChI=1S/C53H89NO5/c1-4-7-10-13-16-19-21-23-24-25-26-27-29-31-34-37-40-43-46-53(58)59-49(44-41-38-35-33-30-28-22-20-17-14-11-8-5-2)47-52(57)54-50(48-55)51(56)45-42-39-36-32-18-15-12-9-6-3/h8,11,14,16-17,19-28,30,49-51,55-56H,4-7,9-10,12-13,15,18,29,31-48H2,1-3H3,(H,54,57)/b11-8+,17-14+,19-16+,22-20+,23-21+,25-24+,27-26+,30-28-. The number of hydrogen-bond donors (Lipinski definition) is 3. The minimum atomic E-state index is -0.806. The van der Waals surface area contributed by atoms with Crippen LogP contribution in [0.4, 0.5) is 0 Å². The minimum absolute atomic E-state index is 0.0355. The summed E-state index contributed by atoms with van der Waals surface area (Å²) >= 11 is 0. The third-order valence-corrected chi connectivity index (χ3v) is 10.3. The van der Waals surface area contributed by atoms with Gasteiger partial charge in [0, 0.05) is 6.42 Å². The van der Waals surface area contributed by atoms with E-state index in [4.69, 9.17) is 4.74 Å². The number of rotatable bonds is 41. The van der Waals surface area contributed by atoms with Crippen LogP contribution < -0.4 is 5.32 Å². The first-order chi connectivity index (χ1) is 29.0. The van der Waals surface area contributed by atoms with Gasteiger partial charge in [-0.1, -0.05) is 214 Å². The van der Waals surface area contributed by atoms with E-state index in [9.17, 15) is 19.8 Å². The van der Waals surface area contributed by atoms with Gasteiger partial charge in [-0.3, -0.25) is 9.59 Å². The van der Waals surface area contributed by atoms with Crippen molar-refractivity contribution in [2.75, 3.05) is 6.61 Å². The van der Waals surface area contributed by atoms with Crippen molar-refractivity contribution in [3.05, 3.63) is 97.2 Å². The van der Waals surface area contributed by atoms with E-state index in [1.807, 2.05) is 30.4 Å². The fourth-order valence-electron chi connectivity index (χ4n) is 6.69. The maximum Gasteiger partial charge on any atom is 0.306 e. The summed E-state index contributed by atoms with van der Waals surface area (Å²) in [6.45, 7) is 6.25. The summed E-state index contributed by atoms with van der Waals surface area (Å²) in [6.07, 6.45) is 60.3. The molecule has 0 bridgehead atoms. The van der Waals surface area contributed by atoms with Gasteiger partial charge in [-0.2, -0.15) is 0 Å². The number of aliphatic hydroxyl groups is 2. The lowest BCUT2D eigenvalue weighted by molar-refractivity contribution is -0.151. The van der Waals surface area contributed by atoms with Crippen LogP contribution in [0.1, 0.15) is 201 Å². The summed E-state index contributed by atoms with van der Waals surface area (Å²) in [7, 11) is 0. The molecule has 0 aromatic heterocycles. The van der Waals surface area contributed by atoms with Crippen molar-refractivity contribution in [2.45, 2.75) is 219 Å². The van der Waals surface area contributed by atoms with Crippen LogP contribution in [-0.2, 0) is 14.3 Å². The second kappa shape index (κ2) is 45.9. The minimum Gasteiger partial charge on any atom is -0.462 e. The number of unbranched alkanes of at least 4 members (excludes halogenated alkanes) is 19. The topological polar surface area (TPSA) is 95.9 Å². The fraction of sp³-hybridized carbons (Fsp3) is 0.660. The second-order valence-corrected chi connectivity index (χ2v) is 16.0. The Kier molecular flexibility index (Phi) is 43.4. The second-order valence-electron chi connectivity index (χ2n) is 16.0. The molecule has 336 valence electrons. The molecule has 0 aliphatic rings. The van der Waals surface area contributed by atoms with Gasteiger partial charge in [-0.15, -0.1) is 0 Å². The van der Waals surface area contributed by atoms with Crippen molar-refractivity contribution in [1.29, 1.82) is 0 Å². The molecule has 3 unspecified atom stereocenters. The van der Waals surface area contributed by atoms with Crippen LogP contribution in [0, 0.1) is 0 Å². The first kappa shape index (κ1) is 55.8. The van der Waals surface area contributed by atoms with Crippen LogP contribution in [0.3, 0.4) is 0 Å². The van der Waals surface area contributed by atoms with Crippen LogP contribution in [0.15, 0.2) is 97.2 Å². The van der Waals surface area contributed by atoms with Crippen LogP contribution >= 0.6 is 0 Å². The number of aliphatic hydroxyl groups excluding tert-OH is 2. The zero-order valence-electron chi connectivity index (χ0n) is 38.1. The maximum absolute atomic E-state index is 13.1. The van der Waals surface area contributed by atoms with Gasteiger partial charge in [-0.05, 0) is 70.6 Å². The lowest BCUT2D eigenvalue weighted by atomic mass is 10.0. The van der Waals surface area contributed by atoms with Crippen molar-refractivity contribution in [1.82, 2.24) is 5.32 Å². The molecule has 6 nitrogen and oxygen atoms in total. The number of nitrogens with one attached hydrogen (secondary N) is 1. The molecule has 0 aromatic carbocycles. The molecule has 3 atom stereocenters. The Morgan fingerprint density at radius 2 is 0.915 bits per heavy atom. The van der Waals surface area contributed by atoms with Gasteiger partial charge in [0.1, 0.15) is 6.10 Å². The number of amides is 1. The fourth-order valence-corrected chi connectivity index (χ4v) is 6.69. The highest BCUT2D eigenvalue weighted by Gasteiger charge is 2.24. The highest BCUT2D eigenvalue weighted by atomic mass is 16.5. The van der Waals surface area contributed by atoms with Crippen LogP contribution in [0.2, 0.25) is 0 Å². The van der Waals surface area contributed by atoms with Gasteiger partial charge in [0.2, 0.25) is 5.91 Å². The Labute approximate surface area is 363 Å². The molecule has 0 saturated carbocycles. The molecule has 6 heteroatoms. The van der Waals surface area contributed by atoms with E-state index in [0.717, 1.165) is 96.3 Å². The number of carbonyl (C=O) groups is 2. The van der Waals surface area contributed by atoms with Gasteiger partial charge in [0.05, 0.1) is 25.2 Å². The molecule has 59 heavy (non-hydrogen) atoms. The summed E-state index contributed by atoms with van der Waals surface area (Å²) in [4.78, 5) is 26.0. The van der Waals surface area contributed by atoms with Crippen molar-refractivity contribution in [3.8, 4) is 0 Å². The number of allylic oxidation sites excluding steroid dienone is 16. The molecule has 0 aromatic rings. The van der Waals surface area contributed by atoms with Crippen LogP contribution in [0.25, 0.3) is 0 Å². The van der Waals surface area contributed by atoms with E-state index in [1.54, 1.807) is 0 Å². The maximum atomic E-state index is 13.1. The Hall–Kier alpha value is -3.22. The summed E-state index contributed by atoms with van der Waals surface area (Å²) in [5, 5.41) is 23.6. The van der Waals surface area contributed by atoms with Gasteiger partial charge < -0.3 is 20.3 Å². The lowest BCUT2D eigenvalue weighted by Gasteiger charge is -2.24. The number of carbonyl (C=O) groups excluding carboxylic acids is 2. The number of esters is 1. The van der Waals surface area contributed by atoms with Crippen molar-refractivity contribution >= 4 is 11.9 Å². The molecule has 0 radical (unpaired) electrons. The first-order valence-electron chi connectivity index (χ1n) is 24.1. The Bertz CT molecular complexity index is 1190. The van der Waals surface area contributed by atoms with E-state index in [2.05, 4.69) is 92.9 Å². The van der Waals surface area contributed by atoms with E-state index in [-0.39, 0.29) is 24.9 Å². The Morgan fingerprint density at radius 1 is 0.508 bits per heavy atom. The monoisotopic (exact) mass is 820 g/mol. The predicted molar refractivity (Wildman–Crippen MR) is 254 cm³/mol. The van der Waals surface area contributed by atoms with Crippen LogP contribution in [-0.4, -0.2) is 46.9 Å². The number of ether oxygens (including phenoxy) is 1. The summed E-state index contributed by atoms with van der Waals surface area (Å²) in [5.41, 5.74) is 0. The molecule has 0 saturated heterocycles. The first-order valence-corrected chi connectivity index (χ1v) is 24.1. The lowest BCUT2D eigenvalue weighted by Crippen LogP contribution is -2.46. The largest absolute Gasteiger partial charge is 0.462 e. The summed E-state index contributed by atoms with van der Waals surface area (Å²) in [5.74, 6) is -0.551. The molecule has 0 aliphatic carbocycles. The van der Waals surface area contributed by atoms with Gasteiger partial charge in [0.25, 0.3) is 0 Å². The molecule has 0 fully saturated rings. The average Bonchev–Trinajstić information content (AvgIpc) is 3.23. The van der Waals surface area contributed by atoms with Crippen molar-refractivity contribution in [2.24, 2.45) is 0 Å². The molecule has 1 amide bonds. The zero-order valence-corrected chi connectivity index (χ0v) is 38.1. The van der Waals surface area contributed by atoms with Crippen molar-refractivity contribution in [3.63, 3.8) is 0 Å². The molecular formula is C53H89NO5. The molecule has 0 rings (SSSR count). The van der Waals surface area contributed by atoms with Gasteiger partial charge in [-0.25, -0.2) is 0 Å². The number of hydrogen-bond acceptors (Lipinski definition) is 5. The highest BCUT2D eigenvalue weighted by molar-refractivity contribution is 5.77. The molecular weight excluding hydrogens is 731 g/mol. The Morgan fingerprint density at radius 3 is 1.44 bits per heavy atom. The molecule has 0 spiro atoms. The third-order valence-electron chi connectivity index (χ3n) is 10.3. The smallest absolute Gasteiger partial charge is 0.306 e. The van der Waals surface area contributed by atoms with Crippen molar-refractivity contribution < 1.29 is 24.5 Å². The molecule has 0 heterocycles. The highest BCUT2D eigenvalue weighted by Crippen LogP contribution is 2.16. The van der Waals surface area contributed by atoms with Gasteiger partial charge in [0.15, 0.2) is 0 Å². The summed E-state index contributed by atoms with van der Waals surface area (Å²) < 4.78 is 5.89. The quantitative estimate of drug-likeness (QED) is 0.0324. The predicted octanol–water partition coefficient (Wildman–Crippen LogP) is 14.2. The molecule has 0 aliphatic heterocycles. The van der Waals surface area contributed by atoms with E-state index >= 15 is 0 Å². The normalized spacial score (nSPS) is 14.2. The van der Waals surface area contributed by atoms with E-state index in [1.165, 1.54) is 57.8 Å². The van der Waals surface area contributed by atoms with Crippen LogP contribution in [0.5, 0.6) is 0 Å². The molecule has 3 N–H and O–H groups in total. The van der Waals surface area contributed by atoms with Gasteiger partial charge >= 0.3 is 5.97 Å². The van der Waals surface area contributed by atoms with E-state index < -0.39 is 18.2 Å². The average molecular weight is 820 g/mol. The SMILES string of the molecule is CC/C=C/C=C/C=C/C=C\CCCCCC(CC(=O)NC(CO)C(O)CCCCCCCCCCC)OC(=O)CCCCCCC/C=C/C=C/C=C/C=C/CCCCC.